The monoisotopic (exact) mass is 395 g/mol. The normalized spacial score (nSPS) is 12.8. The van der Waals surface area contributed by atoms with Crippen molar-refractivity contribution in [2.45, 2.75) is 58.8 Å². The first-order valence-electron chi connectivity index (χ1n) is 8.10. The standard InChI is InChI=1S/C21H25.2ClH.Ti/c1-20(2,3)16-9-7-14-11-15-8-10-17(21(4,5)6)13-19(15)18(14)12-16;;;/h7,9-10,12-13H,11H2,1-6H3;2*1H;/q;;;+2/p-2. The summed E-state index contributed by atoms with van der Waals surface area (Å²) in [5, 5.41) is 0. The molecule has 0 heterocycles. The van der Waals surface area contributed by atoms with Crippen LogP contribution in [0.15, 0.2) is 30.3 Å². The molecule has 3 rings (SSSR count). The van der Waals surface area contributed by atoms with Crippen molar-refractivity contribution in [1.82, 2.24) is 0 Å². The van der Waals surface area contributed by atoms with Crippen LogP contribution in [0.2, 0.25) is 0 Å². The van der Waals surface area contributed by atoms with Gasteiger partial charge in [0.15, 0.2) is 0 Å². The Balaban J connectivity index is 0.00000144. The van der Waals surface area contributed by atoms with Crippen LogP contribution in [0.4, 0.5) is 0 Å². The van der Waals surface area contributed by atoms with Crippen molar-refractivity contribution in [2.24, 2.45) is 0 Å². The fourth-order valence-electron chi connectivity index (χ4n) is 3.17. The zero-order valence-corrected chi connectivity index (χ0v) is 18.4. The molecule has 0 saturated carbocycles. The molecule has 0 radical (unpaired) electrons. The second-order valence-electron chi connectivity index (χ2n) is 8.60. The summed E-state index contributed by atoms with van der Waals surface area (Å²) in [7, 11) is 0. The van der Waals surface area contributed by atoms with Crippen molar-refractivity contribution in [1.29, 1.82) is 0 Å². The van der Waals surface area contributed by atoms with Gasteiger partial charge in [-0.25, -0.2) is 0 Å². The number of benzene rings is 2. The maximum atomic E-state index is 2.43. The molecule has 127 valence electrons. The molecular formula is C21H25Cl2Ti. The van der Waals surface area contributed by atoms with Gasteiger partial charge < -0.3 is 24.8 Å². The van der Waals surface area contributed by atoms with Crippen LogP contribution in [0, 0.1) is 0 Å². The number of hydrogen-bond donors (Lipinski definition) is 0. The van der Waals surface area contributed by atoms with Crippen molar-refractivity contribution < 1.29 is 45.2 Å². The molecule has 1 aliphatic rings. The van der Waals surface area contributed by atoms with E-state index in [0.29, 0.717) is 0 Å². The molecular weight excluding hydrogens is 371 g/mol. The first kappa shape index (κ1) is 21.8. The summed E-state index contributed by atoms with van der Waals surface area (Å²) >= 11 is 2.27. The first-order chi connectivity index (χ1) is 10.1. The van der Waals surface area contributed by atoms with Gasteiger partial charge in [0.05, 0.1) is 0 Å². The predicted octanol–water partition coefficient (Wildman–Crippen LogP) is -0.967. The molecule has 2 aromatic carbocycles. The largest absolute Gasteiger partial charge is 1.00 e. The minimum atomic E-state index is 0. The van der Waals surface area contributed by atoms with Gasteiger partial charge in [0.2, 0.25) is 0 Å². The Morgan fingerprint density at radius 3 is 1.83 bits per heavy atom. The minimum absolute atomic E-state index is 0. The average Bonchev–Trinajstić information content (AvgIpc) is 2.75. The Kier molecular flexibility index (Phi) is 6.49. The van der Waals surface area contributed by atoms with Crippen LogP contribution in [-0.4, -0.2) is 0 Å². The van der Waals surface area contributed by atoms with E-state index < -0.39 is 0 Å². The van der Waals surface area contributed by atoms with Gasteiger partial charge in [-0.2, -0.15) is 0 Å². The molecule has 0 saturated heterocycles. The Morgan fingerprint density at radius 1 is 0.750 bits per heavy atom. The van der Waals surface area contributed by atoms with Crippen LogP contribution in [0.3, 0.4) is 0 Å². The molecule has 0 spiro atoms. The molecule has 0 amide bonds. The minimum Gasteiger partial charge on any atom is -1.00 e. The van der Waals surface area contributed by atoms with Crippen molar-refractivity contribution in [3.8, 4) is 11.1 Å². The topological polar surface area (TPSA) is 0 Å². The van der Waals surface area contributed by atoms with E-state index in [0.717, 1.165) is 6.42 Å². The van der Waals surface area contributed by atoms with Crippen molar-refractivity contribution in [3.05, 3.63) is 52.6 Å². The van der Waals surface area contributed by atoms with Gasteiger partial charge in [0.1, 0.15) is 0 Å². The number of fused-ring (bicyclic) bond motifs is 3. The zero-order valence-electron chi connectivity index (χ0n) is 15.3. The van der Waals surface area contributed by atoms with E-state index in [1.807, 2.05) is 0 Å². The third kappa shape index (κ3) is 3.93. The van der Waals surface area contributed by atoms with E-state index in [4.69, 9.17) is 0 Å². The van der Waals surface area contributed by atoms with E-state index in [1.54, 1.807) is 0 Å². The molecule has 24 heavy (non-hydrogen) atoms. The van der Waals surface area contributed by atoms with Crippen LogP contribution < -0.4 is 28.7 Å². The molecule has 0 aliphatic heterocycles. The van der Waals surface area contributed by atoms with Gasteiger partial charge in [-0.05, 0) is 0 Å². The predicted molar refractivity (Wildman–Crippen MR) is 91.7 cm³/mol. The van der Waals surface area contributed by atoms with E-state index >= 15 is 0 Å². The van der Waals surface area contributed by atoms with Crippen LogP contribution in [0.25, 0.3) is 11.1 Å². The van der Waals surface area contributed by atoms with Crippen molar-refractivity contribution >= 4 is 3.87 Å². The Morgan fingerprint density at radius 2 is 1.29 bits per heavy atom. The van der Waals surface area contributed by atoms with E-state index in [9.17, 15) is 0 Å². The Hall–Kier alpha value is -0.266. The molecule has 2 aromatic rings. The Bertz CT molecular complexity index is 750. The smallest absolute Gasteiger partial charge is 1.00 e. The van der Waals surface area contributed by atoms with E-state index in [2.05, 4.69) is 92.3 Å². The fraction of sp³-hybridized carbons (Fsp3) is 0.429. The average molecular weight is 396 g/mol. The van der Waals surface area contributed by atoms with Gasteiger partial charge in [0.25, 0.3) is 0 Å². The second-order valence-corrected chi connectivity index (χ2v) is 9.44. The molecule has 3 heteroatoms. The first-order valence-corrected chi connectivity index (χ1v) is 8.88. The molecule has 0 N–H and O–H groups in total. The Labute approximate surface area is 171 Å². The summed E-state index contributed by atoms with van der Waals surface area (Å²) in [6.45, 7) is 13.8. The summed E-state index contributed by atoms with van der Waals surface area (Å²) in [6.07, 6.45) is 1.09. The summed E-state index contributed by atoms with van der Waals surface area (Å²) in [6, 6.07) is 11.9. The molecule has 0 nitrogen and oxygen atoms in total. The van der Waals surface area contributed by atoms with Crippen LogP contribution in [-0.2, 0) is 37.7 Å². The maximum Gasteiger partial charge on any atom is -1.00 e. The van der Waals surface area contributed by atoms with Gasteiger partial charge >= 0.3 is 147 Å². The molecule has 1 aliphatic carbocycles. The number of hydrogen-bond acceptors (Lipinski definition) is 0. The number of rotatable bonds is 0. The van der Waals surface area contributed by atoms with Crippen LogP contribution >= 0.6 is 0 Å². The van der Waals surface area contributed by atoms with E-state index in [1.165, 1.54) is 37.2 Å². The molecule has 0 unspecified atom stereocenters. The van der Waals surface area contributed by atoms with Gasteiger partial charge in [-0.15, -0.1) is 0 Å². The third-order valence-electron chi connectivity index (χ3n) is 4.75. The molecule has 0 bridgehead atoms. The van der Waals surface area contributed by atoms with Crippen LogP contribution in [0.1, 0.15) is 63.8 Å². The second kappa shape index (κ2) is 7.16. The number of halogens is 2. The zero-order chi connectivity index (χ0) is 16.3. The molecule has 0 fully saturated rings. The quantitative estimate of drug-likeness (QED) is 0.430. The molecule has 0 aromatic heterocycles. The SMILES string of the molecule is CC(C)(C)c1ccc2c(c1)-c1cc(C(C)(C)C)c[c]([Ti+2])c1C2.[Cl-].[Cl-]. The van der Waals surface area contributed by atoms with Crippen molar-refractivity contribution in [3.63, 3.8) is 0 Å². The third-order valence-corrected chi connectivity index (χ3v) is 5.45. The molecule has 0 atom stereocenters. The van der Waals surface area contributed by atoms with Crippen molar-refractivity contribution in [2.75, 3.05) is 0 Å². The van der Waals surface area contributed by atoms with E-state index in [-0.39, 0.29) is 35.6 Å². The van der Waals surface area contributed by atoms with Gasteiger partial charge in [0, 0.05) is 0 Å². The summed E-state index contributed by atoms with van der Waals surface area (Å²) < 4.78 is 1.44. The van der Waals surface area contributed by atoms with Crippen LogP contribution in [0.5, 0.6) is 0 Å². The maximum absolute atomic E-state index is 2.43. The fourth-order valence-corrected chi connectivity index (χ4v) is 3.77. The summed E-state index contributed by atoms with van der Waals surface area (Å²) in [5.41, 5.74) is 9.20. The van der Waals surface area contributed by atoms with Gasteiger partial charge in [-0.1, -0.05) is 0 Å². The van der Waals surface area contributed by atoms with Gasteiger partial charge in [-0.3, -0.25) is 0 Å². The summed E-state index contributed by atoms with van der Waals surface area (Å²) in [5.74, 6) is 0. The summed E-state index contributed by atoms with van der Waals surface area (Å²) in [4.78, 5) is 0.